The Balaban J connectivity index is 2.41. The average molecular weight is 225 g/mol. The van der Waals surface area contributed by atoms with E-state index in [2.05, 4.69) is 19.9 Å². The highest BCUT2D eigenvalue weighted by Crippen LogP contribution is 2.35. The maximum Gasteiger partial charge on any atom is 0.0947 e. The highest BCUT2D eigenvalue weighted by atomic mass is 32.2. The summed E-state index contributed by atoms with van der Waals surface area (Å²) in [6.07, 6.45) is 9.12. The predicted octanol–water partition coefficient (Wildman–Crippen LogP) is 4.38. The zero-order chi connectivity index (χ0) is 11.1. The first-order valence-electron chi connectivity index (χ1n) is 6.36. The van der Waals surface area contributed by atoms with Crippen LogP contribution in [0.15, 0.2) is 0 Å². The fourth-order valence-corrected chi connectivity index (χ4v) is 4.06. The molecule has 86 valence electrons. The Morgan fingerprint density at radius 3 is 2.27 bits per heavy atom. The van der Waals surface area contributed by atoms with Gasteiger partial charge in [-0.2, -0.15) is 5.26 Å². The van der Waals surface area contributed by atoms with Gasteiger partial charge >= 0.3 is 0 Å². The summed E-state index contributed by atoms with van der Waals surface area (Å²) in [5.74, 6) is 0.599. The topological polar surface area (TPSA) is 23.8 Å². The van der Waals surface area contributed by atoms with Gasteiger partial charge < -0.3 is 0 Å². The molecule has 0 aromatic heterocycles. The first-order valence-corrected chi connectivity index (χ1v) is 7.31. The molecule has 0 aromatic rings. The molecule has 0 N–H and O–H groups in total. The van der Waals surface area contributed by atoms with Crippen LogP contribution in [0.25, 0.3) is 0 Å². The second kappa shape index (κ2) is 7.17. The van der Waals surface area contributed by atoms with Crippen LogP contribution in [0, 0.1) is 17.2 Å². The van der Waals surface area contributed by atoms with Crippen molar-refractivity contribution < 1.29 is 0 Å². The molecule has 0 bridgehead atoms. The first-order chi connectivity index (χ1) is 7.31. The SMILES string of the molecule is CCC(CC)C(C#N)SC1CCCCC1. The molecule has 1 saturated carbocycles. The molecule has 0 aliphatic heterocycles. The molecule has 1 aliphatic rings. The van der Waals surface area contributed by atoms with Crippen molar-refractivity contribution in [2.24, 2.45) is 5.92 Å². The van der Waals surface area contributed by atoms with Crippen LogP contribution < -0.4 is 0 Å². The molecular weight excluding hydrogens is 202 g/mol. The van der Waals surface area contributed by atoms with Crippen molar-refractivity contribution in [3.05, 3.63) is 0 Å². The van der Waals surface area contributed by atoms with Crippen LogP contribution in [0.1, 0.15) is 58.8 Å². The van der Waals surface area contributed by atoms with E-state index < -0.39 is 0 Å². The van der Waals surface area contributed by atoms with Crippen molar-refractivity contribution >= 4 is 11.8 Å². The van der Waals surface area contributed by atoms with E-state index in [0.717, 1.165) is 18.1 Å². The second-order valence-corrected chi connectivity index (χ2v) is 5.97. The van der Waals surface area contributed by atoms with Gasteiger partial charge in [0, 0.05) is 5.25 Å². The molecule has 0 amide bonds. The van der Waals surface area contributed by atoms with Gasteiger partial charge in [0.1, 0.15) is 0 Å². The van der Waals surface area contributed by atoms with Crippen LogP contribution in [-0.2, 0) is 0 Å². The lowest BCUT2D eigenvalue weighted by atomic mass is 9.99. The van der Waals surface area contributed by atoms with E-state index in [1.165, 1.54) is 32.1 Å². The highest BCUT2D eigenvalue weighted by Gasteiger charge is 2.24. The number of hydrogen-bond donors (Lipinski definition) is 0. The second-order valence-electron chi connectivity index (χ2n) is 4.52. The van der Waals surface area contributed by atoms with Crippen LogP contribution in [-0.4, -0.2) is 10.5 Å². The maximum absolute atomic E-state index is 9.22. The summed E-state index contributed by atoms with van der Waals surface area (Å²) in [6.45, 7) is 4.42. The largest absolute Gasteiger partial charge is 0.197 e. The summed E-state index contributed by atoms with van der Waals surface area (Å²) in [7, 11) is 0. The van der Waals surface area contributed by atoms with Crippen LogP contribution in [0.2, 0.25) is 0 Å². The van der Waals surface area contributed by atoms with Gasteiger partial charge in [-0.15, -0.1) is 11.8 Å². The molecule has 0 radical (unpaired) electrons. The van der Waals surface area contributed by atoms with E-state index in [0.29, 0.717) is 5.92 Å². The highest BCUT2D eigenvalue weighted by molar-refractivity contribution is 8.00. The number of hydrogen-bond acceptors (Lipinski definition) is 2. The molecule has 1 rings (SSSR count). The number of nitriles is 1. The van der Waals surface area contributed by atoms with Crippen molar-refractivity contribution in [2.75, 3.05) is 0 Å². The lowest BCUT2D eigenvalue weighted by Gasteiger charge is -2.26. The Morgan fingerprint density at radius 2 is 1.80 bits per heavy atom. The zero-order valence-corrected chi connectivity index (χ0v) is 10.9. The monoisotopic (exact) mass is 225 g/mol. The summed E-state index contributed by atoms with van der Waals surface area (Å²) in [4.78, 5) is 0. The van der Waals surface area contributed by atoms with Crippen LogP contribution in [0.4, 0.5) is 0 Å². The predicted molar refractivity (Wildman–Crippen MR) is 67.9 cm³/mol. The van der Waals surface area contributed by atoms with Gasteiger partial charge in [0.15, 0.2) is 0 Å². The molecule has 0 heterocycles. The first kappa shape index (κ1) is 12.9. The smallest absolute Gasteiger partial charge is 0.0947 e. The fraction of sp³-hybridized carbons (Fsp3) is 0.923. The molecule has 0 aromatic carbocycles. The zero-order valence-electron chi connectivity index (χ0n) is 10.0. The minimum atomic E-state index is 0.239. The number of nitrogens with zero attached hydrogens (tertiary/aromatic N) is 1. The van der Waals surface area contributed by atoms with E-state index in [-0.39, 0.29) is 5.25 Å². The van der Waals surface area contributed by atoms with Gasteiger partial charge in [0.25, 0.3) is 0 Å². The van der Waals surface area contributed by atoms with E-state index in [9.17, 15) is 5.26 Å². The lowest BCUT2D eigenvalue weighted by Crippen LogP contribution is -2.19. The van der Waals surface area contributed by atoms with Crippen molar-refractivity contribution in [3.63, 3.8) is 0 Å². The Labute approximate surface area is 98.6 Å². The van der Waals surface area contributed by atoms with E-state index >= 15 is 0 Å². The molecule has 0 saturated heterocycles. The normalized spacial score (nSPS) is 20.1. The summed E-state index contributed by atoms with van der Waals surface area (Å²) < 4.78 is 0. The molecular formula is C13H23NS. The summed E-state index contributed by atoms with van der Waals surface area (Å²) in [6, 6.07) is 2.51. The molecule has 1 atom stereocenters. The fourth-order valence-electron chi connectivity index (χ4n) is 2.37. The minimum absolute atomic E-state index is 0.239. The molecule has 2 heteroatoms. The molecule has 0 spiro atoms. The Hall–Kier alpha value is -0.160. The van der Waals surface area contributed by atoms with Crippen LogP contribution >= 0.6 is 11.8 Å². The molecule has 1 aliphatic carbocycles. The van der Waals surface area contributed by atoms with Gasteiger partial charge in [-0.3, -0.25) is 0 Å². The quantitative estimate of drug-likeness (QED) is 0.693. The Morgan fingerprint density at radius 1 is 1.20 bits per heavy atom. The molecule has 15 heavy (non-hydrogen) atoms. The Kier molecular flexibility index (Phi) is 6.17. The van der Waals surface area contributed by atoms with Gasteiger partial charge in [-0.25, -0.2) is 0 Å². The number of rotatable bonds is 5. The standard InChI is InChI=1S/C13H23NS/c1-3-11(4-2)13(10-14)15-12-8-6-5-7-9-12/h11-13H,3-9H2,1-2H3. The third kappa shape index (κ3) is 4.07. The minimum Gasteiger partial charge on any atom is -0.197 e. The van der Waals surface area contributed by atoms with Crippen molar-refractivity contribution in [1.29, 1.82) is 5.26 Å². The molecule has 1 fully saturated rings. The van der Waals surface area contributed by atoms with E-state index in [1.54, 1.807) is 0 Å². The van der Waals surface area contributed by atoms with Gasteiger partial charge in [-0.05, 0) is 18.8 Å². The third-order valence-corrected chi connectivity index (χ3v) is 5.14. The molecule has 1 unspecified atom stereocenters. The maximum atomic E-state index is 9.22. The van der Waals surface area contributed by atoms with E-state index in [4.69, 9.17) is 0 Å². The Bertz CT molecular complexity index is 199. The van der Waals surface area contributed by atoms with Crippen LogP contribution in [0.3, 0.4) is 0 Å². The van der Waals surface area contributed by atoms with Gasteiger partial charge in [0.2, 0.25) is 0 Å². The van der Waals surface area contributed by atoms with Crippen molar-refractivity contribution in [2.45, 2.75) is 69.3 Å². The van der Waals surface area contributed by atoms with Gasteiger partial charge in [0.05, 0.1) is 11.3 Å². The van der Waals surface area contributed by atoms with E-state index in [1.807, 2.05) is 11.8 Å². The average Bonchev–Trinajstić information content (AvgIpc) is 2.30. The summed E-state index contributed by atoms with van der Waals surface area (Å²) >= 11 is 1.96. The third-order valence-electron chi connectivity index (χ3n) is 3.50. The lowest BCUT2D eigenvalue weighted by molar-refractivity contribution is 0.496. The van der Waals surface area contributed by atoms with Crippen molar-refractivity contribution in [3.8, 4) is 6.07 Å². The number of thioether (sulfide) groups is 1. The van der Waals surface area contributed by atoms with Crippen LogP contribution in [0.5, 0.6) is 0 Å². The van der Waals surface area contributed by atoms with Gasteiger partial charge in [-0.1, -0.05) is 46.0 Å². The molecule has 1 nitrogen and oxygen atoms in total. The summed E-state index contributed by atoms with van der Waals surface area (Å²) in [5.41, 5.74) is 0. The summed E-state index contributed by atoms with van der Waals surface area (Å²) in [5, 5.41) is 10.2. The van der Waals surface area contributed by atoms with Crippen molar-refractivity contribution in [1.82, 2.24) is 0 Å².